The van der Waals surface area contributed by atoms with Crippen molar-refractivity contribution in [3.05, 3.63) is 60.2 Å². The number of nitrogens with one attached hydrogen (secondary N) is 2. The van der Waals surface area contributed by atoms with Crippen LogP contribution in [-0.4, -0.2) is 41.4 Å². The molecule has 5 N–H and O–H groups in total. The van der Waals surface area contributed by atoms with E-state index in [0.717, 1.165) is 11.3 Å². The molecule has 164 valence electrons. The highest BCUT2D eigenvalue weighted by Gasteiger charge is 2.21. The third kappa shape index (κ3) is 8.99. The van der Waals surface area contributed by atoms with Crippen LogP contribution in [0.25, 0.3) is 0 Å². The lowest BCUT2D eigenvalue weighted by Crippen LogP contribution is -2.48. The Morgan fingerprint density at radius 3 is 2.19 bits per heavy atom. The monoisotopic (exact) mass is 427 g/mol. The van der Waals surface area contributed by atoms with Crippen molar-refractivity contribution in [1.29, 1.82) is 0 Å². The van der Waals surface area contributed by atoms with E-state index in [4.69, 9.17) is 15.6 Å². The van der Waals surface area contributed by atoms with Crippen molar-refractivity contribution in [1.82, 2.24) is 10.6 Å². The Morgan fingerprint density at radius 1 is 0.935 bits per heavy atom. The molecule has 0 aromatic heterocycles. The van der Waals surface area contributed by atoms with E-state index in [1.54, 1.807) is 12.1 Å². The second-order valence-electron chi connectivity index (χ2n) is 6.80. The second kappa shape index (κ2) is 12.0. The molecule has 0 aliphatic carbocycles. The van der Waals surface area contributed by atoms with E-state index in [9.17, 15) is 19.2 Å². The van der Waals surface area contributed by atoms with Gasteiger partial charge in [0.15, 0.2) is 0 Å². The number of hydrogen-bond donors (Lipinski definition) is 4. The molecule has 2 aromatic carbocycles. The molecule has 9 heteroatoms. The third-order valence-electron chi connectivity index (χ3n) is 4.28. The highest BCUT2D eigenvalue weighted by molar-refractivity contribution is 5.90. The Kier molecular flexibility index (Phi) is 9.03. The van der Waals surface area contributed by atoms with Gasteiger partial charge in [0.2, 0.25) is 17.7 Å². The number of rotatable bonds is 12. The SMILES string of the molecule is NC(=O)CNC(=O)C(CCC(=O)O)NC(=O)CCc1ccc(Oc2ccccc2)cc1. The van der Waals surface area contributed by atoms with Crippen LogP contribution in [0.4, 0.5) is 0 Å². The number of para-hydroxylation sites is 1. The van der Waals surface area contributed by atoms with Gasteiger partial charge in [-0.05, 0) is 42.7 Å². The Labute approximate surface area is 179 Å². The van der Waals surface area contributed by atoms with Gasteiger partial charge in [-0.25, -0.2) is 0 Å². The van der Waals surface area contributed by atoms with Crippen LogP contribution in [0.1, 0.15) is 24.8 Å². The number of carbonyl (C=O) groups excluding carboxylic acids is 3. The number of amides is 3. The van der Waals surface area contributed by atoms with Gasteiger partial charge in [0, 0.05) is 12.8 Å². The summed E-state index contributed by atoms with van der Waals surface area (Å²) < 4.78 is 5.72. The van der Waals surface area contributed by atoms with Gasteiger partial charge in [-0.2, -0.15) is 0 Å². The van der Waals surface area contributed by atoms with Crippen LogP contribution >= 0.6 is 0 Å². The maximum Gasteiger partial charge on any atom is 0.303 e. The van der Waals surface area contributed by atoms with Crippen molar-refractivity contribution in [2.45, 2.75) is 31.7 Å². The number of carbonyl (C=O) groups is 4. The maximum atomic E-state index is 12.3. The predicted molar refractivity (Wildman–Crippen MR) is 112 cm³/mol. The fraction of sp³-hybridized carbons (Fsp3) is 0.273. The molecular weight excluding hydrogens is 402 g/mol. The number of nitrogens with two attached hydrogens (primary N) is 1. The molecule has 0 saturated carbocycles. The zero-order valence-electron chi connectivity index (χ0n) is 16.9. The first-order chi connectivity index (χ1) is 14.8. The maximum absolute atomic E-state index is 12.3. The summed E-state index contributed by atoms with van der Waals surface area (Å²) in [5, 5.41) is 13.6. The number of hydrogen-bond acceptors (Lipinski definition) is 5. The second-order valence-corrected chi connectivity index (χ2v) is 6.80. The topological polar surface area (TPSA) is 148 Å². The lowest BCUT2D eigenvalue weighted by molar-refractivity contribution is -0.138. The van der Waals surface area contributed by atoms with Gasteiger partial charge in [0.1, 0.15) is 17.5 Å². The number of benzene rings is 2. The summed E-state index contributed by atoms with van der Waals surface area (Å²) in [6, 6.07) is 15.6. The van der Waals surface area contributed by atoms with Crippen LogP contribution in [-0.2, 0) is 25.6 Å². The average molecular weight is 427 g/mol. The largest absolute Gasteiger partial charge is 0.481 e. The Bertz CT molecular complexity index is 899. The number of ether oxygens (including phenoxy) is 1. The summed E-state index contributed by atoms with van der Waals surface area (Å²) in [6.45, 7) is -0.393. The summed E-state index contributed by atoms with van der Waals surface area (Å²) in [5.74, 6) is -1.52. The Morgan fingerprint density at radius 2 is 1.58 bits per heavy atom. The third-order valence-corrected chi connectivity index (χ3v) is 4.28. The molecule has 0 heterocycles. The minimum absolute atomic E-state index is 0.100. The summed E-state index contributed by atoms with van der Waals surface area (Å²) in [7, 11) is 0. The van der Waals surface area contributed by atoms with Gasteiger partial charge < -0.3 is 26.2 Å². The van der Waals surface area contributed by atoms with Crippen molar-refractivity contribution in [2.24, 2.45) is 5.73 Å². The molecule has 31 heavy (non-hydrogen) atoms. The number of carboxylic acids is 1. The first-order valence-corrected chi connectivity index (χ1v) is 9.72. The van der Waals surface area contributed by atoms with Crippen LogP contribution in [0.2, 0.25) is 0 Å². The molecule has 0 bridgehead atoms. The van der Waals surface area contributed by atoms with Crippen molar-refractivity contribution < 1.29 is 29.0 Å². The molecular formula is C22H25N3O6. The van der Waals surface area contributed by atoms with Gasteiger partial charge in [0.25, 0.3) is 0 Å². The lowest BCUT2D eigenvalue weighted by atomic mass is 10.1. The molecule has 1 atom stereocenters. The highest BCUT2D eigenvalue weighted by Crippen LogP contribution is 2.21. The molecule has 0 aliphatic heterocycles. The smallest absolute Gasteiger partial charge is 0.303 e. The quantitative estimate of drug-likeness (QED) is 0.402. The number of carboxylic acid groups (broad SMARTS) is 1. The molecule has 0 spiro atoms. The minimum atomic E-state index is -1.10. The van der Waals surface area contributed by atoms with Crippen LogP contribution in [0, 0.1) is 0 Å². The number of primary amides is 1. The van der Waals surface area contributed by atoms with Crippen molar-refractivity contribution in [2.75, 3.05) is 6.54 Å². The van der Waals surface area contributed by atoms with E-state index < -0.39 is 36.3 Å². The lowest BCUT2D eigenvalue weighted by Gasteiger charge is -2.17. The summed E-state index contributed by atoms with van der Waals surface area (Å²) >= 11 is 0. The molecule has 0 fully saturated rings. The van der Waals surface area contributed by atoms with Gasteiger partial charge in [0.05, 0.1) is 6.54 Å². The number of aryl methyl sites for hydroxylation is 1. The van der Waals surface area contributed by atoms with E-state index in [-0.39, 0.29) is 19.3 Å². The van der Waals surface area contributed by atoms with E-state index in [1.807, 2.05) is 42.5 Å². The van der Waals surface area contributed by atoms with E-state index in [2.05, 4.69) is 10.6 Å². The van der Waals surface area contributed by atoms with Crippen LogP contribution in [0.3, 0.4) is 0 Å². The van der Waals surface area contributed by atoms with Gasteiger partial charge >= 0.3 is 5.97 Å². The Hall–Kier alpha value is -3.88. The fourth-order valence-electron chi connectivity index (χ4n) is 2.71. The molecule has 0 aliphatic rings. The van der Waals surface area contributed by atoms with E-state index >= 15 is 0 Å². The summed E-state index contributed by atoms with van der Waals surface area (Å²) in [5.41, 5.74) is 5.89. The van der Waals surface area contributed by atoms with Crippen molar-refractivity contribution in [3.8, 4) is 11.5 Å². The minimum Gasteiger partial charge on any atom is -0.481 e. The molecule has 2 rings (SSSR count). The molecule has 0 saturated heterocycles. The standard InChI is InChI=1S/C22H25N3O6/c23-19(26)14-24-22(30)18(11-13-21(28)29)25-20(27)12-8-15-6-9-17(10-7-15)31-16-4-2-1-3-5-16/h1-7,9-10,18H,8,11-14H2,(H2,23,26)(H,24,30)(H,25,27)(H,28,29). The van der Waals surface area contributed by atoms with Crippen molar-refractivity contribution in [3.63, 3.8) is 0 Å². The first-order valence-electron chi connectivity index (χ1n) is 9.72. The van der Waals surface area contributed by atoms with Crippen LogP contribution in [0.5, 0.6) is 11.5 Å². The molecule has 1 unspecified atom stereocenters. The van der Waals surface area contributed by atoms with Gasteiger partial charge in [-0.15, -0.1) is 0 Å². The highest BCUT2D eigenvalue weighted by atomic mass is 16.5. The molecule has 2 aromatic rings. The summed E-state index contributed by atoms with van der Waals surface area (Å²) in [6.07, 6.45) is 0.118. The van der Waals surface area contributed by atoms with Crippen molar-refractivity contribution >= 4 is 23.7 Å². The zero-order valence-corrected chi connectivity index (χ0v) is 16.9. The first kappa shape index (κ1) is 23.4. The molecule has 3 amide bonds. The van der Waals surface area contributed by atoms with Crippen LogP contribution in [0.15, 0.2) is 54.6 Å². The fourth-order valence-corrected chi connectivity index (χ4v) is 2.71. The van der Waals surface area contributed by atoms with Gasteiger partial charge in [-0.3, -0.25) is 19.2 Å². The zero-order chi connectivity index (χ0) is 22.6. The summed E-state index contributed by atoms with van der Waals surface area (Å²) in [4.78, 5) is 46.0. The van der Waals surface area contributed by atoms with Gasteiger partial charge in [-0.1, -0.05) is 30.3 Å². The number of aliphatic carboxylic acids is 1. The van der Waals surface area contributed by atoms with Crippen LogP contribution < -0.4 is 21.1 Å². The van der Waals surface area contributed by atoms with E-state index in [0.29, 0.717) is 12.2 Å². The average Bonchev–Trinajstić information content (AvgIpc) is 2.75. The Balaban J connectivity index is 1.86. The molecule has 0 radical (unpaired) electrons. The normalized spacial score (nSPS) is 11.2. The predicted octanol–water partition coefficient (Wildman–Crippen LogP) is 1.36. The van der Waals surface area contributed by atoms with E-state index in [1.165, 1.54) is 0 Å². The molecule has 9 nitrogen and oxygen atoms in total.